The zero-order valence-corrected chi connectivity index (χ0v) is 15.1. The van der Waals surface area contributed by atoms with Gasteiger partial charge in [0.25, 0.3) is 5.78 Å². The fourth-order valence-corrected chi connectivity index (χ4v) is 2.73. The van der Waals surface area contributed by atoms with Crippen LogP contribution in [0.1, 0.15) is 23.4 Å². The number of carbonyl (C=O) groups excluding carboxylic acids is 1. The van der Waals surface area contributed by atoms with Crippen LogP contribution in [0.25, 0.3) is 5.78 Å². The lowest BCUT2D eigenvalue weighted by atomic mass is 10.1. The minimum Gasteiger partial charge on any atom is -0.490 e. The molecule has 0 bridgehead atoms. The number of hydrogen-bond donors (Lipinski definition) is 1. The summed E-state index contributed by atoms with van der Waals surface area (Å²) in [6, 6.07) is 5.64. The van der Waals surface area contributed by atoms with Crippen LogP contribution in [0, 0.1) is 19.7 Å². The Kier molecular flexibility index (Phi) is 5.49. The maximum absolute atomic E-state index is 12.8. The summed E-state index contributed by atoms with van der Waals surface area (Å²) < 4.78 is 24.9. The van der Waals surface area contributed by atoms with E-state index in [9.17, 15) is 9.18 Å². The molecule has 1 aromatic carbocycles. The van der Waals surface area contributed by atoms with E-state index in [1.807, 2.05) is 13.8 Å². The molecule has 0 aliphatic carbocycles. The first-order valence-electron chi connectivity index (χ1n) is 8.46. The zero-order valence-electron chi connectivity index (χ0n) is 15.1. The van der Waals surface area contributed by atoms with E-state index in [1.165, 1.54) is 24.3 Å². The second kappa shape index (κ2) is 7.98. The van der Waals surface area contributed by atoms with Crippen LogP contribution >= 0.6 is 0 Å². The van der Waals surface area contributed by atoms with Gasteiger partial charge >= 0.3 is 5.97 Å². The molecular weight excluding hydrogens is 353 g/mol. The molecule has 8 nitrogen and oxygen atoms in total. The molecule has 9 heteroatoms. The molecule has 0 unspecified atom stereocenters. The Labute approximate surface area is 155 Å². The van der Waals surface area contributed by atoms with Crippen molar-refractivity contribution in [3.63, 3.8) is 0 Å². The summed E-state index contributed by atoms with van der Waals surface area (Å²) in [5.41, 5.74) is 8.14. The molecule has 2 N–H and O–H groups in total. The van der Waals surface area contributed by atoms with E-state index < -0.39 is 0 Å². The number of rotatable bonds is 7. The lowest BCUT2D eigenvalue weighted by molar-refractivity contribution is -0.144. The Morgan fingerprint density at radius 1 is 1.19 bits per heavy atom. The summed E-state index contributed by atoms with van der Waals surface area (Å²) in [6.07, 6.45) is 0.674. The minimum atomic E-state index is -0.338. The number of aryl methyl sites for hydroxylation is 2. The maximum atomic E-state index is 12.8. The van der Waals surface area contributed by atoms with Crippen LogP contribution in [-0.4, -0.2) is 38.8 Å². The van der Waals surface area contributed by atoms with Crippen molar-refractivity contribution in [3.05, 3.63) is 47.0 Å². The number of benzene rings is 1. The Balaban J connectivity index is 1.49. The number of halogens is 1. The van der Waals surface area contributed by atoms with Crippen LogP contribution in [0.2, 0.25) is 0 Å². The average molecular weight is 373 g/mol. The highest BCUT2D eigenvalue weighted by molar-refractivity contribution is 5.69. The number of ether oxygens (including phenoxy) is 2. The van der Waals surface area contributed by atoms with E-state index in [0.717, 1.165) is 17.0 Å². The lowest BCUT2D eigenvalue weighted by Crippen LogP contribution is -2.14. The Morgan fingerprint density at radius 2 is 1.93 bits per heavy atom. The molecule has 0 radical (unpaired) electrons. The highest BCUT2D eigenvalue weighted by atomic mass is 19.1. The topological polar surface area (TPSA) is 105 Å². The van der Waals surface area contributed by atoms with Crippen molar-refractivity contribution in [2.24, 2.45) is 0 Å². The quantitative estimate of drug-likeness (QED) is 0.499. The van der Waals surface area contributed by atoms with Gasteiger partial charge in [-0.3, -0.25) is 4.79 Å². The van der Waals surface area contributed by atoms with Crippen LogP contribution in [-0.2, 0) is 16.0 Å². The monoisotopic (exact) mass is 373 g/mol. The van der Waals surface area contributed by atoms with Crippen molar-refractivity contribution in [2.75, 3.05) is 18.9 Å². The number of hydrogen-bond acceptors (Lipinski definition) is 7. The normalized spacial score (nSPS) is 10.9. The van der Waals surface area contributed by atoms with Gasteiger partial charge in [-0.2, -0.15) is 9.50 Å². The smallest absolute Gasteiger partial charge is 0.306 e. The van der Waals surface area contributed by atoms with Gasteiger partial charge < -0.3 is 15.2 Å². The Morgan fingerprint density at radius 3 is 2.67 bits per heavy atom. The first-order chi connectivity index (χ1) is 12.9. The zero-order chi connectivity index (χ0) is 19.4. The van der Waals surface area contributed by atoms with Crippen molar-refractivity contribution in [1.29, 1.82) is 0 Å². The third-order valence-corrected chi connectivity index (χ3v) is 4.07. The molecule has 0 amide bonds. The van der Waals surface area contributed by atoms with Crippen LogP contribution < -0.4 is 10.5 Å². The lowest BCUT2D eigenvalue weighted by Gasteiger charge is -2.10. The summed E-state index contributed by atoms with van der Waals surface area (Å²) in [5.74, 6) is 0.440. The Bertz CT molecular complexity index is 956. The van der Waals surface area contributed by atoms with Crippen molar-refractivity contribution in [3.8, 4) is 5.75 Å². The molecule has 0 atom stereocenters. The van der Waals surface area contributed by atoms with Gasteiger partial charge in [0.1, 0.15) is 24.8 Å². The number of carbonyl (C=O) groups is 1. The number of nitrogens with two attached hydrogens (primary N) is 1. The van der Waals surface area contributed by atoms with E-state index in [-0.39, 0.29) is 37.4 Å². The fourth-order valence-electron chi connectivity index (χ4n) is 2.73. The highest BCUT2D eigenvalue weighted by Gasteiger charge is 2.14. The molecule has 3 aromatic rings. The first-order valence-corrected chi connectivity index (χ1v) is 8.46. The second-order valence-electron chi connectivity index (χ2n) is 5.97. The average Bonchev–Trinajstić information content (AvgIpc) is 3.00. The van der Waals surface area contributed by atoms with Gasteiger partial charge in [0.15, 0.2) is 0 Å². The van der Waals surface area contributed by atoms with E-state index in [2.05, 4.69) is 15.1 Å². The van der Waals surface area contributed by atoms with Gasteiger partial charge in [0.2, 0.25) is 5.95 Å². The second-order valence-corrected chi connectivity index (χ2v) is 5.97. The van der Waals surface area contributed by atoms with Gasteiger partial charge in [0.05, 0.1) is 0 Å². The minimum absolute atomic E-state index is 0.116. The van der Waals surface area contributed by atoms with E-state index in [4.69, 9.17) is 15.2 Å². The number of aromatic nitrogens is 4. The molecular formula is C18H20FN5O3. The number of esters is 1. The molecule has 0 aliphatic heterocycles. The largest absolute Gasteiger partial charge is 0.490 e. The van der Waals surface area contributed by atoms with Gasteiger partial charge in [0, 0.05) is 17.8 Å². The third kappa shape index (κ3) is 4.49. The molecule has 0 fully saturated rings. The summed E-state index contributed by atoms with van der Waals surface area (Å²) in [6.45, 7) is 4.05. The van der Waals surface area contributed by atoms with E-state index in [1.54, 1.807) is 4.52 Å². The number of anilines is 1. The van der Waals surface area contributed by atoms with Crippen LogP contribution in [0.3, 0.4) is 0 Å². The molecule has 3 rings (SSSR count). The van der Waals surface area contributed by atoms with Gasteiger partial charge in [-0.25, -0.2) is 9.37 Å². The first kappa shape index (κ1) is 18.6. The highest BCUT2D eigenvalue weighted by Crippen LogP contribution is 2.16. The van der Waals surface area contributed by atoms with Gasteiger partial charge in [-0.15, -0.1) is 5.10 Å². The van der Waals surface area contributed by atoms with Crippen molar-refractivity contribution in [2.45, 2.75) is 26.7 Å². The predicted octanol–water partition coefficient (Wildman–Crippen LogP) is 2.02. The van der Waals surface area contributed by atoms with Gasteiger partial charge in [-0.1, -0.05) is 0 Å². The van der Waals surface area contributed by atoms with Crippen molar-refractivity contribution < 1.29 is 18.7 Å². The summed E-state index contributed by atoms with van der Waals surface area (Å²) in [4.78, 5) is 20.4. The Hall–Kier alpha value is -3.23. The van der Waals surface area contributed by atoms with Crippen molar-refractivity contribution >= 4 is 17.7 Å². The summed E-state index contributed by atoms with van der Waals surface area (Å²) in [5, 5.41) is 4.10. The molecule has 0 saturated heterocycles. The van der Waals surface area contributed by atoms with E-state index >= 15 is 0 Å². The molecule has 0 saturated carbocycles. The molecule has 2 aromatic heterocycles. The molecule has 0 spiro atoms. The van der Waals surface area contributed by atoms with E-state index in [0.29, 0.717) is 17.9 Å². The predicted molar refractivity (Wildman–Crippen MR) is 95.8 cm³/mol. The number of nitrogens with zero attached hydrogens (tertiary/aromatic N) is 4. The molecule has 2 heterocycles. The van der Waals surface area contributed by atoms with Crippen LogP contribution in [0.15, 0.2) is 24.3 Å². The summed E-state index contributed by atoms with van der Waals surface area (Å²) in [7, 11) is 0. The van der Waals surface area contributed by atoms with Crippen molar-refractivity contribution in [1.82, 2.24) is 19.6 Å². The fraction of sp³-hybridized carbons (Fsp3) is 0.333. The standard InChI is InChI=1S/C18H20FN5O3/c1-11-15(12(2)24-18(21-11)22-17(20)23-24)7-8-16(25)27-10-9-26-14-5-3-13(19)4-6-14/h3-6H,7-10H2,1-2H3,(H2,20,23). The van der Waals surface area contributed by atoms with Crippen LogP contribution in [0.4, 0.5) is 10.3 Å². The SMILES string of the molecule is Cc1nc2nc(N)nn2c(C)c1CCC(=O)OCCOc1ccc(F)cc1. The molecule has 142 valence electrons. The number of fused-ring (bicyclic) bond motifs is 1. The molecule has 27 heavy (non-hydrogen) atoms. The van der Waals surface area contributed by atoms with Crippen LogP contribution in [0.5, 0.6) is 5.75 Å². The van der Waals surface area contributed by atoms with Gasteiger partial charge in [-0.05, 0) is 50.1 Å². The summed E-state index contributed by atoms with van der Waals surface area (Å²) >= 11 is 0. The maximum Gasteiger partial charge on any atom is 0.306 e. The third-order valence-electron chi connectivity index (χ3n) is 4.07. The number of nitrogen functional groups attached to an aromatic ring is 1. The molecule has 0 aliphatic rings.